The number of hydrogen-bond donors (Lipinski definition) is 0. The predicted octanol–water partition coefficient (Wildman–Crippen LogP) is 2.75. The van der Waals surface area contributed by atoms with Crippen molar-refractivity contribution >= 4 is 11.6 Å². The minimum Gasteiger partial charge on any atom is -0.317 e. The standard InChI is InChI=1S/C11H7ClFN3/c1-16-10(12)9(6-14)15-11(16)7-3-2-4-8(13)5-7/h2-5H,1H3. The molecule has 1 aromatic heterocycles. The molecule has 0 saturated carbocycles. The van der Waals surface area contributed by atoms with E-state index in [1.54, 1.807) is 23.7 Å². The van der Waals surface area contributed by atoms with Gasteiger partial charge in [0.1, 0.15) is 22.9 Å². The minimum absolute atomic E-state index is 0.142. The molecule has 0 radical (unpaired) electrons. The highest BCUT2D eigenvalue weighted by atomic mass is 35.5. The Morgan fingerprint density at radius 3 is 2.81 bits per heavy atom. The maximum absolute atomic E-state index is 13.0. The van der Waals surface area contributed by atoms with Gasteiger partial charge in [0, 0.05) is 12.6 Å². The van der Waals surface area contributed by atoms with Gasteiger partial charge in [0.25, 0.3) is 0 Å². The number of benzene rings is 1. The average Bonchev–Trinajstić information content (AvgIpc) is 2.56. The van der Waals surface area contributed by atoms with Crippen molar-refractivity contribution in [3.8, 4) is 17.5 Å². The van der Waals surface area contributed by atoms with Crippen molar-refractivity contribution in [3.63, 3.8) is 0 Å². The first-order valence-electron chi connectivity index (χ1n) is 4.51. The van der Waals surface area contributed by atoms with E-state index in [9.17, 15) is 4.39 Å². The summed E-state index contributed by atoms with van der Waals surface area (Å²) in [7, 11) is 1.68. The largest absolute Gasteiger partial charge is 0.317 e. The first kappa shape index (κ1) is 10.7. The molecule has 5 heteroatoms. The lowest BCUT2D eigenvalue weighted by molar-refractivity contribution is 0.628. The number of imidazole rings is 1. The van der Waals surface area contributed by atoms with Crippen LogP contribution in [0.5, 0.6) is 0 Å². The van der Waals surface area contributed by atoms with Gasteiger partial charge in [-0.05, 0) is 12.1 Å². The predicted molar refractivity (Wildman–Crippen MR) is 58.3 cm³/mol. The van der Waals surface area contributed by atoms with Crippen LogP contribution in [0.15, 0.2) is 24.3 Å². The second kappa shape index (κ2) is 3.95. The van der Waals surface area contributed by atoms with Gasteiger partial charge in [-0.25, -0.2) is 9.37 Å². The average molecular weight is 236 g/mol. The van der Waals surface area contributed by atoms with Crippen LogP contribution in [0.4, 0.5) is 4.39 Å². The van der Waals surface area contributed by atoms with Crippen molar-refractivity contribution in [2.24, 2.45) is 7.05 Å². The smallest absolute Gasteiger partial charge is 0.178 e. The van der Waals surface area contributed by atoms with Crippen LogP contribution in [0, 0.1) is 17.1 Å². The number of rotatable bonds is 1. The Kier molecular flexibility index (Phi) is 2.63. The van der Waals surface area contributed by atoms with Crippen molar-refractivity contribution in [2.75, 3.05) is 0 Å². The number of nitriles is 1. The van der Waals surface area contributed by atoms with E-state index in [1.807, 2.05) is 6.07 Å². The summed E-state index contributed by atoms with van der Waals surface area (Å²) in [5.41, 5.74) is 0.731. The molecule has 0 N–H and O–H groups in total. The molecule has 0 fully saturated rings. The fourth-order valence-electron chi connectivity index (χ4n) is 1.44. The molecular weight excluding hydrogens is 229 g/mol. The minimum atomic E-state index is -0.352. The summed E-state index contributed by atoms with van der Waals surface area (Å²) >= 11 is 5.89. The van der Waals surface area contributed by atoms with Gasteiger partial charge < -0.3 is 4.57 Å². The van der Waals surface area contributed by atoms with Crippen LogP contribution in [0.3, 0.4) is 0 Å². The van der Waals surface area contributed by atoms with Gasteiger partial charge in [-0.3, -0.25) is 0 Å². The summed E-state index contributed by atoms with van der Waals surface area (Å²) in [6.07, 6.45) is 0. The first-order valence-corrected chi connectivity index (χ1v) is 4.89. The van der Waals surface area contributed by atoms with E-state index >= 15 is 0 Å². The van der Waals surface area contributed by atoms with E-state index in [0.29, 0.717) is 11.4 Å². The summed E-state index contributed by atoms with van der Waals surface area (Å²) < 4.78 is 14.6. The zero-order valence-corrected chi connectivity index (χ0v) is 9.16. The van der Waals surface area contributed by atoms with Gasteiger partial charge in [-0.2, -0.15) is 5.26 Å². The van der Waals surface area contributed by atoms with Crippen molar-refractivity contribution in [1.82, 2.24) is 9.55 Å². The molecule has 0 aliphatic rings. The molecule has 0 spiro atoms. The van der Waals surface area contributed by atoms with E-state index in [1.165, 1.54) is 12.1 Å². The first-order chi connectivity index (χ1) is 7.63. The number of halogens is 2. The Morgan fingerprint density at radius 2 is 2.25 bits per heavy atom. The second-order valence-corrected chi connectivity index (χ2v) is 3.61. The maximum atomic E-state index is 13.0. The molecule has 0 bridgehead atoms. The van der Waals surface area contributed by atoms with Gasteiger partial charge in [0.2, 0.25) is 0 Å². The molecule has 0 aliphatic heterocycles. The molecule has 16 heavy (non-hydrogen) atoms. The molecule has 0 unspecified atom stereocenters. The van der Waals surface area contributed by atoms with E-state index in [2.05, 4.69) is 4.98 Å². The Labute approximate surface area is 96.7 Å². The lowest BCUT2D eigenvalue weighted by atomic mass is 10.2. The van der Waals surface area contributed by atoms with Gasteiger partial charge in [-0.1, -0.05) is 23.7 Å². The van der Waals surface area contributed by atoms with Crippen LogP contribution >= 0.6 is 11.6 Å². The molecule has 80 valence electrons. The maximum Gasteiger partial charge on any atom is 0.178 e. The molecule has 1 aromatic carbocycles. The van der Waals surface area contributed by atoms with Crippen molar-refractivity contribution in [1.29, 1.82) is 5.26 Å². The van der Waals surface area contributed by atoms with Crippen LogP contribution in [0.25, 0.3) is 11.4 Å². The van der Waals surface area contributed by atoms with Crippen LogP contribution in [0.1, 0.15) is 5.69 Å². The van der Waals surface area contributed by atoms with E-state index < -0.39 is 0 Å². The molecule has 0 atom stereocenters. The highest BCUT2D eigenvalue weighted by Crippen LogP contribution is 2.24. The van der Waals surface area contributed by atoms with Crippen LogP contribution < -0.4 is 0 Å². The highest BCUT2D eigenvalue weighted by molar-refractivity contribution is 6.30. The number of aromatic nitrogens is 2. The zero-order chi connectivity index (χ0) is 11.7. The van der Waals surface area contributed by atoms with Crippen molar-refractivity contribution in [2.45, 2.75) is 0 Å². The monoisotopic (exact) mass is 235 g/mol. The lowest BCUT2D eigenvalue weighted by Gasteiger charge is -2.01. The van der Waals surface area contributed by atoms with Gasteiger partial charge in [0.15, 0.2) is 5.69 Å². The highest BCUT2D eigenvalue weighted by Gasteiger charge is 2.13. The summed E-state index contributed by atoms with van der Waals surface area (Å²) in [4.78, 5) is 4.04. The quantitative estimate of drug-likeness (QED) is 0.763. The summed E-state index contributed by atoms with van der Waals surface area (Å²) in [5, 5.41) is 9.02. The second-order valence-electron chi connectivity index (χ2n) is 3.26. The van der Waals surface area contributed by atoms with Crippen LogP contribution in [-0.2, 0) is 7.05 Å². The van der Waals surface area contributed by atoms with Crippen molar-refractivity contribution in [3.05, 3.63) is 40.9 Å². The normalized spacial score (nSPS) is 10.1. The number of hydrogen-bond acceptors (Lipinski definition) is 2. The molecule has 2 aromatic rings. The molecule has 0 amide bonds. The van der Waals surface area contributed by atoms with Gasteiger partial charge >= 0.3 is 0 Å². The Balaban J connectivity index is 2.62. The molecule has 3 nitrogen and oxygen atoms in total. The van der Waals surface area contributed by atoms with E-state index in [4.69, 9.17) is 16.9 Å². The summed E-state index contributed by atoms with van der Waals surface area (Å²) in [6, 6.07) is 7.87. The van der Waals surface area contributed by atoms with Crippen LogP contribution in [-0.4, -0.2) is 9.55 Å². The molecular formula is C11H7ClFN3. The third kappa shape index (κ3) is 1.66. The molecule has 2 rings (SSSR count). The number of nitrogens with zero attached hydrogens (tertiary/aromatic N) is 3. The Hall–Kier alpha value is -1.86. The van der Waals surface area contributed by atoms with Gasteiger partial charge in [-0.15, -0.1) is 0 Å². The summed E-state index contributed by atoms with van der Waals surface area (Å²) in [5.74, 6) is 0.121. The molecule has 1 heterocycles. The third-order valence-electron chi connectivity index (χ3n) is 2.21. The SMILES string of the molecule is Cn1c(-c2cccc(F)c2)nc(C#N)c1Cl. The Bertz CT molecular complexity index is 583. The van der Waals surface area contributed by atoms with Crippen molar-refractivity contribution < 1.29 is 4.39 Å². The molecule has 0 saturated heterocycles. The topological polar surface area (TPSA) is 41.6 Å². The fraction of sp³-hybridized carbons (Fsp3) is 0.0909. The third-order valence-corrected chi connectivity index (χ3v) is 2.65. The molecule has 0 aliphatic carbocycles. The van der Waals surface area contributed by atoms with E-state index in [0.717, 1.165) is 0 Å². The zero-order valence-electron chi connectivity index (χ0n) is 8.41. The van der Waals surface area contributed by atoms with E-state index in [-0.39, 0.29) is 16.7 Å². The summed E-state index contributed by atoms with van der Waals surface area (Å²) in [6.45, 7) is 0. The van der Waals surface area contributed by atoms with Crippen LogP contribution in [0.2, 0.25) is 5.15 Å². The van der Waals surface area contributed by atoms with Gasteiger partial charge in [0.05, 0.1) is 0 Å². The Morgan fingerprint density at radius 1 is 1.50 bits per heavy atom. The lowest BCUT2D eigenvalue weighted by Crippen LogP contribution is -1.92. The fourth-order valence-corrected chi connectivity index (χ4v) is 1.60.